The highest BCUT2D eigenvalue weighted by Crippen LogP contribution is 2.45. The number of aryl methyl sites for hydroxylation is 2. The van der Waals surface area contributed by atoms with E-state index in [2.05, 4.69) is 127 Å². The number of imidazole rings is 1. The molecule has 0 amide bonds. The summed E-state index contributed by atoms with van der Waals surface area (Å²) in [7, 11) is 4.49. The molecule has 0 spiro atoms. The fourth-order valence-electron chi connectivity index (χ4n) is 6.10. The molecule has 3 nitrogen and oxygen atoms in total. The normalized spacial score (nSPS) is 16.5. The number of benzene rings is 2. The maximum absolute atomic E-state index is 2.63. The average molecular weight is 440 g/mol. The van der Waals surface area contributed by atoms with E-state index in [0.717, 1.165) is 0 Å². The lowest BCUT2D eigenvalue weighted by atomic mass is 9.51. The molecule has 0 saturated carbocycles. The lowest BCUT2D eigenvalue weighted by Gasteiger charge is -2.43. The van der Waals surface area contributed by atoms with Crippen LogP contribution >= 0.6 is 0 Å². The minimum absolute atomic E-state index is 0.0438. The number of nitrogens with zero attached hydrogens (tertiary/aromatic N) is 3. The Kier molecular flexibility index (Phi) is 4.43. The van der Waals surface area contributed by atoms with Crippen LogP contribution in [0.5, 0.6) is 0 Å². The van der Waals surface area contributed by atoms with Crippen molar-refractivity contribution < 1.29 is 4.57 Å². The molecule has 2 aliphatic rings. The van der Waals surface area contributed by atoms with Gasteiger partial charge in [0.15, 0.2) is 0 Å². The van der Waals surface area contributed by atoms with E-state index in [1.54, 1.807) is 0 Å². The molecule has 4 heteroatoms. The average Bonchev–Trinajstić information content (AvgIpc) is 3.04. The van der Waals surface area contributed by atoms with Gasteiger partial charge in [0.2, 0.25) is 0 Å². The summed E-state index contributed by atoms with van der Waals surface area (Å²) < 4.78 is 4.99. The van der Waals surface area contributed by atoms with E-state index in [1.165, 1.54) is 50.5 Å². The first-order chi connectivity index (χ1) is 15.2. The van der Waals surface area contributed by atoms with Crippen molar-refractivity contribution in [3.05, 3.63) is 64.5 Å². The number of rotatable bonds is 0. The Morgan fingerprint density at radius 1 is 0.970 bits per heavy atom. The van der Waals surface area contributed by atoms with E-state index in [9.17, 15) is 0 Å². The summed E-state index contributed by atoms with van der Waals surface area (Å²) >= 11 is 0. The zero-order valence-electron chi connectivity index (χ0n) is 22.4. The van der Waals surface area contributed by atoms with E-state index in [4.69, 9.17) is 0 Å². The van der Waals surface area contributed by atoms with Gasteiger partial charge in [0, 0.05) is 11.2 Å². The van der Waals surface area contributed by atoms with Crippen LogP contribution in [0, 0.1) is 6.92 Å². The molecule has 1 aromatic heterocycles. The second kappa shape index (κ2) is 6.55. The van der Waals surface area contributed by atoms with E-state index < -0.39 is 0 Å². The molecule has 2 aliphatic heterocycles. The van der Waals surface area contributed by atoms with Crippen LogP contribution in [0.15, 0.2) is 36.5 Å². The van der Waals surface area contributed by atoms with Gasteiger partial charge in [-0.05, 0) is 67.0 Å². The minimum atomic E-state index is -0.0931. The van der Waals surface area contributed by atoms with Gasteiger partial charge in [-0.3, -0.25) is 4.48 Å². The van der Waals surface area contributed by atoms with Crippen molar-refractivity contribution in [2.45, 2.75) is 78.6 Å². The third-order valence-electron chi connectivity index (χ3n) is 8.03. The van der Waals surface area contributed by atoms with Crippen LogP contribution < -0.4 is 14.8 Å². The predicted octanol–water partition coefficient (Wildman–Crippen LogP) is 5.22. The van der Waals surface area contributed by atoms with Crippen LogP contribution in [-0.4, -0.2) is 18.5 Å². The Balaban J connectivity index is 1.95. The summed E-state index contributed by atoms with van der Waals surface area (Å²) in [6.45, 7) is 21.3. The summed E-state index contributed by atoms with van der Waals surface area (Å²) in [5, 5.41) is 0. The second-order valence-electron chi connectivity index (χ2n) is 12.9. The molecular formula is C29H39BN3+. The summed E-state index contributed by atoms with van der Waals surface area (Å²) in [4.78, 5) is 2.51. The highest BCUT2D eigenvalue weighted by atomic mass is 15.2. The molecule has 3 heterocycles. The summed E-state index contributed by atoms with van der Waals surface area (Å²) in [5.41, 5.74) is 11.3. The Hall–Kier alpha value is -2.49. The molecular weight excluding hydrogens is 401 g/mol. The standard InChI is InChI=1S/C29H39BN3/c1-18-13-12-14-22-24(18)26-31(10)17-23-29(8,9)21-16-19(27(2,3)4)15-20(28(5,6)7)25(21)30(32(22)11)33(23)26/h12-17H,1-11H3/q+1. The smallest absolute Gasteiger partial charge is 0.372 e. The number of anilines is 1. The van der Waals surface area contributed by atoms with Crippen LogP contribution in [0.4, 0.5) is 5.69 Å². The topological polar surface area (TPSA) is 12.0 Å². The first-order valence-corrected chi connectivity index (χ1v) is 12.3. The van der Waals surface area contributed by atoms with Crippen molar-refractivity contribution >= 4 is 18.1 Å². The lowest BCUT2D eigenvalue weighted by Crippen LogP contribution is -2.63. The Morgan fingerprint density at radius 3 is 2.24 bits per heavy atom. The van der Waals surface area contributed by atoms with Crippen molar-refractivity contribution in [2.24, 2.45) is 7.05 Å². The molecule has 5 rings (SSSR count). The summed E-state index contributed by atoms with van der Waals surface area (Å²) in [6, 6.07) is 11.7. The monoisotopic (exact) mass is 440 g/mol. The van der Waals surface area contributed by atoms with E-state index in [-0.39, 0.29) is 23.2 Å². The molecule has 0 saturated heterocycles. The van der Waals surface area contributed by atoms with Crippen molar-refractivity contribution in [1.82, 2.24) is 4.48 Å². The van der Waals surface area contributed by atoms with E-state index in [1.807, 2.05) is 0 Å². The third kappa shape index (κ3) is 2.92. The van der Waals surface area contributed by atoms with E-state index >= 15 is 0 Å². The maximum atomic E-state index is 2.63. The molecule has 2 aromatic carbocycles. The van der Waals surface area contributed by atoms with Gasteiger partial charge in [-0.15, -0.1) is 0 Å². The zero-order valence-corrected chi connectivity index (χ0v) is 22.4. The fraction of sp³-hybridized carbons (Fsp3) is 0.483. The van der Waals surface area contributed by atoms with Crippen molar-refractivity contribution in [2.75, 3.05) is 11.9 Å². The van der Waals surface area contributed by atoms with Crippen molar-refractivity contribution in [3.63, 3.8) is 0 Å². The quantitative estimate of drug-likeness (QED) is 0.345. The SMILES string of the molecule is Cc1cccc2c1-c1n3c(c[n+]1C)C(C)(C)c1cc(C(C)(C)C)cc(C(C)(C)C)c1B3N2C. The number of hydrogen-bond donors (Lipinski definition) is 0. The van der Waals surface area contributed by atoms with Gasteiger partial charge in [0.25, 0.3) is 5.82 Å². The van der Waals surface area contributed by atoms with E-state index in [0.29, 0.717) is 0 Å². The predicted molar refractivity (Wildman–Crippen MR) is 141 cm³/mol. The summed E-state index contributed by atoms with van der Waals surface area (Å²) in [6.07, 6.45) is 2.38. The number of aromatic nitrogens is 2. The third-order valence-corrected chi connectivity index (χ3v) is 8.03. The van der Waals surface area contributed by atoms with Gasteiger partial charge in [-0.1, -0.05) is 65.8 Å². The first kappa shape index (κ1) is 22.3. The van der Waals surface area contributed by atoms with Gasteiger partial charge in [0.1, 0.15) is 11.9 Å². The highest BCUT2D eigenvalue weighted by molar-refractivity contribution is 6.77. The van der Waals surface area contributed by atoms with Gasteiger partial charge < -0.3 is 4.81 Å². The van der Waals surface area contributed by atoms with Crippen LogP contribution in [0.2, 0.25) is 0 Å². The fourth-order valence-corrected chi connectivity index (χ4v) is 6.10. The minimum Gasteiger partial charge on any atom is -0.372 e. The highest BCUT2D eigenvalue weighted by Gasteiger charge is 2.55. The van der Waals surface area contributed by atoms with Crippen molar-refractivity contribution in [3.8, 4) is 11.4 Å². The Labute approximate surface area is 200 Å². The summed E-state index contributed by atoms with van der Waals surface area (Å²) in [5.74, 6) is 1.32. The van der Waals surface area contributed by atoms with Gasteiger partial charge >= 0.3 is 6.98 Å². The molecule has 0 unspecified atom stereocenters. The van der Waals surface area contributed by atoms with Crippen LogP contribution in [0.1, 0.15) is 83.3 Å². The molecule has 33 heavy (non-hydrogen) atoms. The molecule has 0 fully saturated rings. The molecule has 172 valence electrons. The van der Waals surface area contributed by atoms with Crippen LogP contribution in [-0.2, 0) is 23.3 Å². The molecule has 0 bridgehead atoms. The molecule has 0 N–H and O–H groups in total. The van der Waals surface area contributed by atoms with Crippen LogP contribution in [0.3, 0.4) is 0 Å². The Morgan fingerprint density at radius 2 is 1.64 bits per heavy atom. The van der Waals surface area contributed by atoms with Gasteiger partial charge in [0.05, 0.1) is 18.0 Å². The molecule has 0 aliphatic carbocycles. The number of hydrogen-bond acceptors (Lipinski definition) is 1. The molecule has 3 aromatic rings. The largest absolute Gasteiger partial charge is 0.537 e. The zero-order chi connectivity index (χ0) is 24.2. The maximum Gasteiger partial charge on any atom is 0.537 e. The van der Waals surface area contributed by atoms with Gasteiger partial charge in [-0.25, -0.2) is 4.57 Å². The first-order valence-electron chi connectivity index (χ1n) is 12.3. The van der Waals surface area contributed by atoms with Crippen molar-refractivity contribution in [1.29, 1.82) is 0 Å². The second-order valence-corrected chi connectivity index (χ2v) is 12.9. The Bertz CT molecular complexity index is 1300. The van der Waals surface area contributed by atoms with Crippen LogP contribution in [0.25, 0.3) is 11.4 Å². The lowest BCUT2D eigenvalue weighted by molar-refractivity contribution is -0.659. The molecule has 0 radical (unpaired) electrons. The van der Waals surface area contributed by atoms with Gasteiger partial charge in [-0.2, -0.15) is 0 Å². The molecule has 0 atom stereocenters. The number of fused-ring (bicyclic) bond motifs is 4.